The Kier molecular flexibility index (Phi) is 2.88. The molecule has 5 heteroatoms. The molecule has 1 atom stereocenters. The van der Waals surface area contributed by atoms with Crippen LogP contribution < -0.4 is 0 Å². The Morgan fingerprint density at radius 1 is 1.09 bits per heavy atom. The van der Waals surface area contributed by atoms with Crippen molar-refractivity contribution >= 4 is 0 Å². The Hall–Kier alpha value is -0.320. The maximum Gasteiger partial charge on any atom is 0.445 e. The molecule has 1 nitrogen and oxygen atoms in total. The van der Waals surface area contributed by atoms with Gasteiger partial charge in [-0.25, -0.2) is 4.39 Å². The van der Waals surface area contributed by atoms with Crippen molar-refractivity contribution in [2.75, 3.05) is 0 Å². The van der Waals surface area contributed by atoms with Crippen molar-refractivity contribution < 1.29 is 22.3 Å². The molecule has 0 aromatic carbocycles. The molecule has 0 amide bonds. The number of ether oxygens (including phenoxy) is 1. The lowest BCUT2D eigenvalue weighted by molar-refractivity contribution is -0.289. The van der Waals surface area contributed by atoms with E-state index in [-0.39, 0.29) is 0 Å². The monoisotopic (exact) mass is 174 g/mol. The van der Waals surface area contributed by atoms with E-state index < -0.39 is 18.1 Å². The second-order valence-corrected chi connectivity index (χ2v) is 3.09. The fourth-order valence-electron chi connectivity index (χ4n) is 0.377. The molecule has 0 aliphatic carbocycles. The van der Waals surface area contributed by atoms with Gasteiger partial charge in [0, 0.05) is 0 Å². The summed E-state index contributed by atoms with van der Waals surface area (Å²) in [7, 11) is 0. The van der Waals surface area contributed by atoms with Gasteiger partial charge in [0.05, 0.1) is 5.60 Å². The topological polar surface area (TPSA) is 9.23 Å². The van der Waals surface area contributed by atoms with Gasteiger partial charge in [-0.3, -0.25) is 0 Å². The van der Waals surface area contributed by atoms with Gasteiger partial charge in [-0.2, -0.15) is 13.2 Å². The second kappa shape index (κ2) is 2.97. The Morgan fingerprint density at radius 3 is 1.55 bits per heavy atom. The average molecular weight is 174 g/mol. The van der Waals surface area contributed by atoms with Crippen molar-refractivity contribution in [3.63, 3.8) is 0 Å². The molecule has 1 unspecified atom stereocenters. The first-order valence-corrected chi connectivity index (χ1v) is 3.01. The zero-order valence-corrected chi connectivity index (χ0v) is 6.50. The Balaban J connectivity index is 3.99. The van der Waals surface area contributed by atoms with Gasteiger partial charge in [-0.05, 0) is 20.8 Å². The molecule has 0 aliphatic heterocycles. The van der Waals surface area contributed by atoms with Crippen LogP contribution in [0.5, 0.6) is 0 Å². The molecule has 0 heterocycles. The number of hydrogen-bond acceptors (Lipinski definition) is 1. The fourth-order valence-corrected chi connectivity index (χ4v) is 0.377. The lowest BCUT2D eigenvalue weighted by atomic mass is 10.2. The Bertz CT molecular complexity index is 124. The molecule has 0 fully saturated rings. The van der Waals surface area contributed by atoms with Crippen LogP contribution in [-0.2, 0) is 4.74 Å². The third-order valence-electron chi connectivity index (χ3n) is 0.714. The minimum Gasteiger partial charge on any atom is -0.335 e. The molecule has 0 rings (SSSR count). The number of rotatable bonds is 1. The number of hydrogen-bond donors (Lipinski definition) is 0. The van der Waals surface area contributed by atoms with E-state index in [4.69, 9.17) is 0 Å². The number of alkyl halides is 4. The van der Waals surface area contributed by atoms with Crippen molar-refractivity contribution in [1.82, 2.24) is 0 Å². The largest absolute Gasteiger partial charge is 0.445 e. The predicted octanol–water partition coefficient (Wildman–Crippen LogP) is 2.66. The molecule has 0 aliphatic rings. The summed E-state index contributed by atoms with van der Waals surface area (Å²) in [6.45, 7) is 4.06. The van der Waals surface area contributed by atoms with Gasteiger partial charge in [0.15, 0.2) is 0 Å². The lowest BCUT2D eigenvalue weighted by Gasteiger charge is -2.23. The van der Waals surface area contributed by atoms with Crippen molar-refractivity contribution in [3.8, 4) is 0 Å². The summed E-state index contributed by atoms with van der Waals surface area (Å²) in [4.78, 5) is 0. The summed E-state index contributed by atoms with van der Waals surface area (Å²) < 4.78 is 50.5. The van der Waals surface area contributed by atoms with Gasteiger partial charge in [-0.15, -0.1) is 0 Å². The Labute approximate surface area is 62.3 Å². The number of halogens is 4. The van der Waals surface area contributed by atoms with Crippen LogP contribution in [0, 0.1) is 0 Å². The zero-order chi connectivity index (χ0) is 9.28. The van der Waals surface area contributed by atoms with Crippen LogP contribution in [0.2, 0.25) is 0 Å². The van der Waals surface area contributed by atoms with Gasteiger partial charge in [-0.1, -0.05) is 0 Å². The minimum absolute atomic E-state index is 1.12. The molecule has 0 N–H and O–H groups in total. The molecule has 0 aromatic heterocycles. The zero-order valence-electron chi connectivity index (χ0n) is 6.50. The SMILES string of the molecule is CC(C)(C)OC(F)C(F)(F)F. The van der Waals surface area contributed by atoms with E-state index in [9.17, 15) is 17.6 Å². The van der Waals surface area contributed by atoms with Gasteiger partial charge in [0.1, 0.15) is 0 Å². The van der Waals surface area contributed by atoms with E-state index in [1.165, 1.54) is 20.8 Å². The summed E-state index contributed by atoms with van der Waals surface area (Å²) in [5.74, 6) is 0. The Morgan fingerprint density at radius 2 is 1.45 bits per heavy atom. The van der Waals surface area contributed by atoms with E-state index in [0.29, 0.717) is 0 Å². The minimum atomic E-state index is -4.92. The molecule has 0 radical (unpaired) electrons. The van der Waals surface area contributed by atoms with Crippen LogP contribution in [0.15, 0.2) is 0 Å². The van der Waals surface area contributed by atoms with Crippen molar-refractivity contribution in [2.24, 2.45) is 0 Å². The fraction of sp³-hybridized carbons (Fsp3) is 1.00. The van der Waals surface area contributed by atoms with Crippen LogP contribution in [0.1, 0.15) is 20.8 Å². The van der Waals surface area contributed by atoms with Crippen LogP contribution in [0.3, 0.4) is 0 Å². The van der Waals surface area contributed by atoms with E-state index in [1.807, 2.05) is 0 Å². The van der Waals surface area contributed by atoms with Crippen molar-refractivity contribution in [1.29, 1.82) is 0 Å². The van der Waals surface area contributed by atoms with E-state index in [0.717, 1.165) is 0 Å². The summed E-state index contributed by atoms with van der Waals surface area (Å²) >= 11 is 0. The second-order valence-electron chi connectivity index (χ2n) is 3.09. The van der Waals surface area contributed by atoms with Crippen LogP contribution in [0.25, 0.3) is 0 Å². The molecule has 11 heavy (non-hydrogen) atoms. The van der Waals surface area contributed by atoms with Crippen LogP contribution in [-0.4, -0.2) is 18.1 Å². The van der Waals surface area contributed by atoms with Crippen molar-refractivity contribution in [3.05, 3.63) is 0 Å². The smallest absolute Gasteiger partial charge is 0.335 e. The van der Waals surface area contributed by atoms with Gasteiger partial charge < -0.3 is 4.74 Å². The standard InChI is InChI=1S/C6H10F4O/c1-5(2,3)11-4(7)6(8,9)10/h4H,1-3H3. The molecule has 0 saturated carbocycles. The molecule has 0 spiro atoms. The first kappa shape index (κ1) is 10.7. The third-order valence-corrected chi connectivity index (χ3v) is 0.714. The molecule has 68 valence electrons. The van der Waals surface area contributed by atoms with Crippen molar-refractivity contribution in [2.45, 2.75) is 38.9 Å². The quantitative estimate of drug-likeness (QED) is 0.555. The lowest BCUT2D eigenvalue weighted by Crippen LogP contribution is -2.34. The highest BCUT2D eigenvalue weighted by Gasteiger charge is 2.43. The third kappa shape index (κ3) is 5.01. The molecular formula is C6H10F4O. The summed E-state index contributed by atoms with van der Waals surface area (Å²) in [5.41, 5.74) is -1.12. The molecule has 0 saturated heterocycles. The van der Waals surface area contributed by atoms with Gasteiger partial charge in [0.2, 0.25) is 0 Å². The van der Waals surface area contributed by atoms with Gasteiger partial charge >= 0.3 is 6.18 Å². The van der Waals surface area contributed by atoms with E-state index in [1.54, 1.807) is 0 Å². The molecular weight excluding hydrogens is 164 g/mol. The first-order valence-electron chi connectivity index (χ1n) is 3.01. The highest BCUT2D eigenvalue weighted by atomic mass is 19.4. The van der Waals surface area contributed by atoms with Crippen LogP contribution in [0.4, 0.5) is 17.6 Å². The molecule has 0 bridgehead atoms. The molecule has 0 aromatic rings. The summed E-state index contributed by atoms with van der Waals surface area (Å²) in [5, 5.41) is 0. The average Bonchev–Trinajstić information content (AvgIpc) is 1.56. The van der Waals surface area contributed by atoms with E-state index in [2.05, 4.69) is 4.74 Å². The highest BCUT2D eigenvalue weighted by molar-refractivity contribution is 4.64. The maximum atomic E-state index is 12.1. The van der Waals surface area contributed by atoms with E-state index >= 15 is 0 Å². The predicted molar refractivity (Wildman–Crippen MR) is 31.8 cm³/mol. The van der Waals surface area contributed by atoms with Crippen LogP contribution >= 0.6 is 0 Å². The highest BCUT2D eigenvalue weighted by Crippen LogP contribution is 2.27. The maximum absolute atomic E-state index is 12.1. The summed E-state index contributed by atoms with van der Waals surface area (Å²) in [6, 6.07) is 0. The van der Waals surface area contributed by atoms with Gasteiger partial charge in [0.25, 0.3) is 6.36 Å². The normalized spacial score (nSPS) is 16.6. The first-order chi connectivity index (χ1) is 4.63. The summed E-state index contributed by atoms with van der Waals surface area (Å²) in [6.07, 6.45) is -8.12.